The molecule has 4 nitrogen and oxygen atoms in total. The van der Waals surface area contributed by atoms with Crippen molar-refractivity contribution in [2.75, 3.05) is 0 Å². The van der Waals surface area contributed by atoms with Gasteiger partial charge in [-0.1, -0.05) is 34.1 Å². The Balaban J connectivity index is 2.44. The lowest BCUT2D eigenvalue weighted by Crippen LogP contribution is -2.33. The van der Waals surface area contributed by atoms with Crippen LogP contribution in [-0.2, 0) is 14.3 Å². The highest BCUT2D eigenvalue weighted by Gasteiger charge is 2.33. The van der Waals surface area contributed by atoms with E-state index in [0.29, 0.717) is 11.3 Å². The smallest absolute Gasteiger partial charge is 0.431 e. The van der Waals surface area contributed by atoms with Crippen LogP contribution >= 0.6 is 0 Å². The highest BCUT2D eigenvalue weighted by Crippen LogP contribution is 2.40. The summed E-state index contributed by atoms with van der Waals surface area (Å²) in [6, 6.07) is 0. The number of ether oxygens (including phenoxy) is 2. The van der Waals surface area contributed by atoms with Crippen molar-refractivity contribution in [3.63, 3.8) is 0 Å². The second-order valence-electron chi connectivity index (χ2n) is 6.67. The van der Waals surface area contributed by atoms with Gasteiger partial charge in [0.25, 0.3) is 0 Å². The molecular formula is C15H26O4. The van der Waals surface area contributed by atoms with E-state index >= 15 is 0 Å². The molecule has 2 unspecified atom stereocenters. The van der Waals surface area contributed by atoms with Crippen molar-refractivity contribution in [2.24, 2.45) is 17.3 Å². The Kier molecular flexibility index (Phi) is 5.39. The number of carbonyl (C=O) groups excluding carboxylic acids is 2. The zero-order valence-corrected chi connectivity index (χ0v) is 12.7. The molecular weight excluding hydrogens is 244 g/mol. The predicted octanol–water partition coefficient (Wildman–Crippen LogP) is 3.93. The second kappa shape index (κ2) is 6.40. The molecule has 110 valence electrons. The molecule has 0 saturated heterocycles. The minimum Gasteiger partial charge on any atom is -0.431 e. The molecule has 0 aliphatic heterocycles. The van der Waals surface area contributed by atoms with Crippen molar-refractivity contribution in [1.82, 2.24) is 0 Å². The lowest BCUT2D eigenvalue weighted by atomic mass is 9.71. The maximum atomic E-state index is 11.5. The van der Waals surface area contributed by atoms with Crippen molar-refractivity contribution in [2.45, 2.75) is 66.4 Å². The lowest BCUT2D eigenvalue weighted by Gasteiger charge is -2.37. The highest BCUT2D eigenvalue weighted by molar-refractivity contribution is 5.82. The molecule has 4 heteroatoms. The van der Waals surface area contributed by atoms with Gasteiger partial charge in [0.15, 0.2) is 0 Å². The molecule has 0 aromatic carbocycles. The number of carbonyl (C=O) groups is 2. The summed E-state index contributed by atoms with van der Waals surface area (Å²) in [6.07, 6.45) is 3.41. The second-order valence-corrected chi connectivity index (χ2v) is 6.67. The van der Waals surface area contributed by atoms with E-state index in [9.17, 15) is 9.59 Å². The molecule has 0 bridgehead atoms. The molecule has 0 radical (unpaired) electrons. The fraction of sp³-hybridized carbons (Fsp3) is 0.867. The van der Waals surface area contributed by atoms with Crippen LogP contribution < -0.4 is 0 Å². The quantitative estimate of drug-likeness (QED) is 0.576. The molecule has 0 aromatic rings. The monoisotopic (exact) mass is 270 g/mol. The van der Waals surface area contributed by atoms with Crippen molar-refractivity contribution in [1.29, 1.82) is 0 Å². The molecule has 1 aliphatic rings. The highest BCUT2D eigenvalue weighted by atomic mass is 16.7. The van der Waals surface area contributed by atoms with Gasteiger partial charge in [0.2, 0.25) is 0 Å². The van der Waals surface area contributed by atoms with Crippen LogP contribution in [0.1, 0.15) is 60.3 Å². The summed E-state index contributed by atoms with van der Waals surface area (Å²) >= 11 is 0. The molecule has 1 rings (SSSR count). The SMILES string of the molecule is CC(C)C(=O)OC(=O)OC(C)C1CCCC(C)(C)C1. The number of rotatable bonds is 3. The number of hydrogen-bond acceptors (Lipinski definition) is 4. The third-order valence-corrected chi connectivity index (χ3v) is 3.84. The topological polar surface area (TPSA) is 52.6 Å². The average molecular weight is 270 g/mol. The van der Waals surface area contributed by atoms with Gasteiger partial charge in [0.05, 0.1) is 5.92 Å². The Morgan fingerprint density at radius 2 is 1.84 bits per heavy atom. The minimum absolute atomic E-state index is 0.202. The summed E-state index contributed by atoms with van der Waals surface area (Å²) in [5.74, 6) is -0.511. The van der Waals surface area contributed by atoms with Crippen molar-refractivity contribution in [3.05, 3.63) is 0 Å². The van der Waals surface area contributed by atoms with E-state index in [1.54, 1.807) is 13.8 Å². The van der Waals surface area contributed by atoms with Crippen LogP contribution in [-0.4, -0.2) is 18.2 Å². The van der Waals surface area contributed by atoms with Gasteiger partial charge in [0.1, 0.15) is 6.10 Å². The van der Waals surface area contributed by atoms with Crippen molar-refractivity contribution in [3.8, 4) is 0 Å². The van der Waals surface area contributed by atoms with Gasteiger partial charge in [-0.15, -0.1) is 0 Å². The average Bonchev–Trinajstić information content (AvgIpc) is 2.27. The Morgan fingerprint density at radius 3 is 2.37 bits per heavy atom. The van der Waals surface area contributed by atoms with E-state index in [4.69, 9.17) is 4.74 Å². The summed E-state index contributed by atoms with van der Waals surface area (Å²) in [5, 5.41) is 0. The van der Waals surface area contributed by atoms with E-state index in [-0.39, 0.29) is 12.0 Å². The molecule has 0 heterocycles. The van der Waals surface area contributed by atoms with Crippen LogP contribution in [0, 0.1) is 17.3 Å². The van der Waals surface area contributed by atoms with Gasteiger partial charge in [0, 0.05) is 0 Å². The summed E-state index contributed by atoms with van der Waals surface area (Å²) in [7, 11) is 0. The van der Waals surface area contributed by atoms with Crippen LogP contribution in [0.15, 0.2) is 0 Å². The van der Waals surface area contributed by atoms with E-state index in [0.717, 1.165) is 19.3 Å². The largest absolute Gasteiger partial charge is 0.516 e. The lowest BCUT2D eigenvalue weighted by molar-refractivity contribution is -0.144. The zero-order valence-electron chi connectivity index (χ0n) is 12.7. The first kappa shape index (κ1) is 16.0. The van der Waals surface area contributed by atoms with Crippen LogP contribution in [0.3, 0.4) is 0 Å². The van der Waals surface area contributed by atoms with Gasteiger partial charge in [-0.2, -0.15) is 0 Å². The molecule has 1 fully saturated rings. The van der Waals surface area contributed by atoms with Gasteiger partial charge < -0.3 is 9.47 Å². The Labute approximate surface area is 115 Å². The van der Waals surface area contributed by atoms with Crippen LogP contribution in [0.5, 0.6) is 0 Å². The summed E-state index contributed by atoms with van der Waals surface area (Å²) < 4.78 is 9.85. The normalized spacial score (nSPS) is 23.8. The van der Waals surface area contributed by atoms with Crippen molar-refractivity contribution < 1.29 is 19.1 Å². The first-order valence-electron chi connectivity index (χ1n) is 7.13. The van der Waals surface area contributed by atoms with E-state index in [2.05, 4.69) is 18.6 Å². The first-order chi connectivity index (χ1) is 8.71. The predicted molar refractivity (Wildman–Crippen MR) is 72.6 cm³/mol. The van der Waals surface area contributed by atoms with Crippen molar-refractivity contribution >= 4 is 12.1 Å². The first-order valence-corrected chi connectivity index (χ1v) is 7.13. The van der Waals surface area contributed by atoms with Gasteiger partial charge in [-0.3, -0.25) is 4.79 Å². The molecule has 0 amide bonds. The molecule has 0 spiro atoms. The third kappa shape index (κ3) is 5.21. The minimum atomic E-state index is -0.866. The molecule has 2 atom stereocenters. The van der Waals surface area contributed by atoms with E-state index < -0.39 is 12.1 Å². The fourth-order valence-electron chi connectivity index (χ4n) is 2.63. The summed E-state index contributed by atoms with van der Waals surface area (Å²) in [6.45, 7) is 9.73. The maximum absolute atomic E-state index is 11.5. The zero-order chi connectivity index (χ0) is 14.6. The van der Waals surface area contributed by atoms with Gasteiger partial charge in [-0.25, -0.2) is 4.79 Å². The van der Waals surface area contributed by atoms with Crippen LogP contribution in [0.2, 0.25) is 0 Å². The van der Waals surface area contributed by atoms with Gasteiger partial charge >= 0.3 is 12.1 Å². The molecule has 19 heavy (non-hydrogen) atoms. The van der Waals surface area contributed by atoms with E-state index in [1.807, 2.05) is 6.92 Å². The van der Waals surface area contributed by atoms with Crippen LogP contribution in [0.4, 0.5) is 4.79 Å². The molecule has 0 aromatic heterocycles. The fourth-order valence-corrected chi connectivity index (χ4v) is 2.63. The van der Waals surface area contributed by atoms with Gasteiger partial charge in [-0.05, 0) is 37.5 Å². The standard InChI is InChI=1S/C15H26O4/c1-10(2)13(16)19-14(17)18-11(3)12-7-6-8-15(4,5)9-12/h10-12H,6-9H2,1-5H3. The maximum Gasteiger partial charge on any atom is 0.516 e. The molecule has 0 N–H and O–H groups in total. The molecule has 1 saturated carbocycles. The Morgan fingerprint density at radius 1 is 1.21 bits per heavy atom. The Bertz CT molecular complexity index is 333. The third-order valence-electron chi connectivity index (χ3n) is 3.84. The summed E-state index contributed by atoms with van der Waals surface area (Å²) in [4.78, 5) is 22.8. The Hall–Kier alpha value is -1.06. The van der Waals surface area contributed by atoms with E-state index in [1.165, 1.54) is 6.42 Å². The molecule has 1 aliphatic carbocycles. The van der Waals surface area contributed by atoms with Crippen LogP contribution in [0.25, 0.3) is 0 Å². The number of esters is 1. The number of hydrogen-bond donors (Lipinski definition) is 0. The summed E-state index contributed by atoms with van der Waals surface area (Å²) in [5.41, 5.74) is 0.304.